The number of carbonyl (C=O) groups excluding carboxylic acids is 2. The predicted octanol–water partition coefficient (Wildman–Crippen LogP) is 1.90. The first-order valence-electron chi connectivity index (χ1n) is 8.91. The maximum absolute atomic E-state index is 12.6. The molecule has 1 heterocycles. The fourth-order valence-electron chi connectivity index (χ4n) is 3.55. The number of sulfone groups is 1. The van der Waals surface area contributed by atoms with Crippen molar-refractivity contribution in [2.75, 3.05) is 23.0 Å². The van der Waals surface area contributed by atoms with E-state index in [4.69, 9.17) is 5.73 Å². The van der Waals surface area contributed by atoms with Crippen LogP contribution >= 0.6 is 0 Å². The van der Waals surface area contributed by atoms with Crippen molar-refractivity contribution in [1.82, 2.24) is 0 Å². The van der Waals surface area contributed by atoms with Crippen molar-refractivity contribution < 1.29 is 18.0 Å². The first-order valence-corrected chi connectivity index (χ1v) is 10.8. The molecule has 0 aromatic heterocycles. The number of fused-ring (bicyclic) bond motifs is 1. The Hall–Kier alpha value is -2.87. The summed E-state index contributed by atoms with van der Waals surface area (Å²) < 4.78 is 23.4. The molecular weight excluding hydrogens is 378 g/mol. The molecule has 0 unspecified atom stereocenters. The van der Waals surface area contributed by atoms with Crippen LogP contribution in [0.25, 0.3) is 0 Å². The number of carbonyl (C=O) groups is 2. The van der Waals surface area contributed by atoms with E-state index in [1.54, 1.807) is 12.1 Å². The monoisotopic (exact) mass is 401 g/mol. The molecule has 0 aliphatic carbocycles. The maximum atomic E-state index is 12.6. The second-order valence-corrected chi connectivity index (χ2v) is 9.09. The molecule has 0 bridgehead atoms. The van der Waals surface area contributed by atoms with E-state index in [1.165, 1.54) is 12.1 Å². The van der Waals surface area contributed by atoms with Crippen LogP contribution in [0.5, 0.6) is 0 Å². The third-order valence-corrected chi connectivity index (χ3v) is 6.04. The summed E-state index contributed by atoms with van der Waals surface area (Å²) in [5.41, 5.74) is 7.60. The van der Waals surface area contributed by atoms with Crippen LogP contribution in [0.3, 0.4) is 0 Å². The number of hydrogen-bond donors (Lipinski definition) is 2. The van der Waals surface area contributed by atoms with Gasteiger partial charge in [0.15, 0.2) is 9.84 Å². The van der Waals surface area contributed by atoms with Crippen molar-refractivity contribution >= 4 is 33.0 Å². The summed E-state index contributed by atoms with van der Waals surface area (Å²) in [5, 5.41) is 2.75. The van der Waals surface area contributed by atoms with Gasteiger partial charge in [0.1, 0.15) is 0 Å². The van der Waals surface area contributed by atoms with Crippen molar-refractivity contribution in [3.63, 3.8) is 0 Å². The fraction of sp³-hybridized carbons (Fsp3) is 0.300. The summed E-state index contributed by atoms with van der Waals surface area (Å²) in [6, 6.07) is 13.5. The number of nitrogens with zero attached hydrogens (tertiary/aromatic N) is 1. The second-order valence-electron chi connectivity index (χ2n) is 7.07. The van der Waals surface area contributed by atoms with Gasteiger partial charge in [0, 0.05) is 23.7 Å². The van der Waals surface area contributed by atoms with Crippen LogP contribution in [0.1, 0.15) is 24.8 Å². The van der Waals surface area contributed by atoms with E-state index in [-0.39, 0.29) is 35.2 Å². The van der Waals surface area contributed by atoms with Crippen LogP contribution in [0.2, 0.25) is 0 Å². The zero-order valence-corrected chi connectivity index (χ0v) is 16.6. The van der Waals surface area contributed by atoms with Gasteiger partial charge in [-0.3, -0.25) is 9.59 Å². The van der Waals surface area contributed by atoms with Crippen molar-refractivity contribution in [2.45, 2.75) is 30.2 Å². The molecule has 3 N–H and O–H groups in total. The first kappa shape index (κ1) is 19.9. The lowest BCUT2D eigenvalue weighted by Gasteiger charge is -2.39. The molecule has 7 nitrogen and oxygen atoms in total. The first-order chi connectivity index (χ1) is 13.2. The lowest BCUT2D eigenvalue weighted by molar-refractivity contribution is -0.119. The van der Waals surface area contributed by atoms with Crippen molar-refractivity contribution in [1.29, 1.82) is 0 Å². The van der Waals surface area contributed by atoms with Crippen LogP contribution in [0.15, 0.2) is 53.4 Å². The van der Waals surface area contributed by atoms with Crippen molar-refractivity contribution in [3.8, 4) is 0 Å². The smallest absolute Gasteiger partial charge is 0.243 e. The molecule has 0 saturated carbocycles. The number of amides is 2. The molecule has 3 rings (SSSR count). The Kier molecular flexibility index (Phi) is 5.42. The molecule has 1 aliphatic rings. The minimum atomic E-state index is -3.36. The van der Waals surface area contributed by atoms with Gasteiger partial charge in [-0.05, 0) is 43.2 Å². The number of para-hydroxylation sites is 1. The van der Waals surface area contributed by atoms with Gasteiger partial charge < -0.3 is 16.0 Å². The summed E-state index contributed by atoms with van der Waals surface area (Å²) in [7, 11) is -3.36. The topological polar surface area (TPSA) is 110 Å². The quantitative estimate of drug-likeness (QED) is 0.795. The standard InChI is InChI=1S/C20H23N3O4S/c1-13-10-17(20(21)25)16-8-3-4-9-18(16)23(13)12-19(24)22-14-6-5-7-15(11-14)28(2,26)27/h3-9,11,13,17H,10,12H2,1-2H3,(H2,21,25)(H,22,24)/t13-,17+/m1/s1. The minimum Gasteiger partial charge on any atom is -0.369 e. The SMILES string of the molecule is C[C@@H]1C[C@H](C(N)=O)c2ccccc2N1CC(=O)Nc1cccc(S(C)(=O)=O)c1. The number of benzene rings is 2. The number of primary amides is 1. The van der Waals surface area contributed by atoms with E-state index in [9.17, 15) is 18.0 Å². The largest absolute Gasteiger partial charge is 0.369 e. The van der Waals surface area contributed by atoms with E-state index >= 15 is 0 Å². The van der Waals surface area contributed by atoms with Gasteiger partial charge in [0.25, 0.3) is 0 Å². The normalized spacial score (nSPS) is 19.0. The maximum Gasteiger partial charge on any atom is 0.243 e. The average Bonchev–Trinajstić information content (AvgIpc) is 2.63. The Morgan fingerprint density at radius 3 is 2.57 bits per heavy atom. The predicted molar refractivity (Wildman–Crippen MR) is 108 cm³/mol. The zero-order chi connectivity index (χ0) is 20.5. The summed E-state index contributed by atoms with van der Waals surface area (Å²) in [5.74, 6) is -1.03. The highest BCUT2D eigenvalue weighted by Gasteiger charge is 2.33. The Morgan fingerprint density at radius 2 is 1.89 bits per heavy atom. The molecule has 1 aliphatic heterocycles. The average molecular weight is 401 g/mol. The van der Waals surface area contributed by atoms with Crippen LogP contribution in [-0.4, -0.2) is 39.1 Å². The number of nitrogens with one attached hydrogen (secondary N) is 1. The molecule has 8 heteroatoms. The number of nitrogens with two attached hydrogens (primary N) is 1. The summed E-state index contributed by atoms with van der Waals surface area (Å²) in [4.78, 5) is 26.5. The Bertz CT molecular complexity index is 1020. The molecule has 2 atom stereocenters. The van der Waals surface area contributed by atoms with Gasteiger partial charge in [-0.15, -0.1) is 0 Å². The fourth-order valence-corrected chi connectivity index (χ4v) is 4.21. The van der Waals surface area contributed by atoms with Gasteiger partial charge in [0.05, 0.1) is 17.4 Å². The van der Waals surface area contributed by atoms with E-state index in [1.807, 2.05) is 36.1 Å². The van der Waals surface area contributed by atoms with Gasteiger partial charge in [-0.1, -0.05) is 24.3 Å². The summed E-state index contributed by atoms with van der Waals surface area (Å²) in [6.45, 7) is 2.02. The summed E-state index contributed by atoms with van der Waals surface area (Å²) >= 11 is 0. The van der Waals surface area contributed by atoms with E-state index in [0.29, 0.717) is 12.1 Å². The second kappa shape index (κ2) is 7.63. The van der Waals surface area contributed by atoms with Crippen molar-refractivity contribution in [3.05, 3.63) is 54.1 Å². The van der Waals surface area contributed by atoms with Crippen LogP contribution in [0, 0.1) is 0 Å². The molecule has 0 radical (unpaired) electrons. The highest BCUT2D eigenvalue weighted by atomic mass is 32.2. The number of hydrogen-bond acceptors (Lipinski definition) is 5. The molecular formula is C20H23N3O4S. The van der Waals surface area contributed by atoms with Crippen LogP contribution in [0.4, 0.5) is 11.4 Å². The Labute approximate surface area is 164 Å². The third-order valence-electron chi connectivity index (χ3n) is 4.93. The highest BCUT2D eigenvalue weighted by Crippen LogP contribution is 2.38. The molecule has 148 valence electrons. The van der Waals surface area contributed by atoms with E-state index in [2.05, 4.69) is 5.32 Å². The Balaban J connectivity index is 1.80. The van der Waals surface area contributed by atoms with Crippen molar-refractivity contribution in [2.24, 2.45) is 5.73 Å². The highest BCUT2D eigenvalue weighted by molar-refractivity contribution is 7.90. The van der Waals surface area contributed by atoms with Gasteiger partial charge in [-0.2, -0.15) is 0 Å². The number of anilines is 2. The van der Waals surface area contributed by atoms with Gasteiger partial charge in [0.2, 0.25) is 11.8 Å². The lowest BCUT2D eigenvalue weighted by atomic mass is 9.85. The van der Waals surface area contributed by atoms with E-state index in [0.717, 1.165) is 17.5 Å². The molecule has 0 fully saturated rings. The van der Waals surface area contributed by atoms with Gasteiger partial charge in [-0.25, -0.2) is 8.42 Å². The molecule has 0 saturated heterocycles. The Morgan fingerprint density at radius 1 is 1.18 bits per heavy atom. The molecule has 2 aromatic carbocycles. The molecule has 2 amide bonds. The number of rotatable bonds is 5. The lowest BCUT2D eigenvalue weighted by Crippen LogP contribution is -2.45. The molecule has 0 spiro atoms. The zero-order valence-electron chi connectivity index (χ0n) is 15.8. The summed E-state index contributed by atoms with van der Waals surface area (Å²) in [6.07, 6.45) is 1.65. The molecule has 28 heavy (non-hydrogen) atoms. The molecule has 2 aromatic rings. The van der Waals surface area contributed by atoms with Crippen LogP contribution < -0.4 is 16.0 Å². The van der Waals surface area contributed by atoms with E-state index < -0.39 is 9.84 Å². The third kappa shape index (κ3) is 4.17. The van der Waals surface area contributed by atoms with Crippen LogP contribution in [-0.2, 0) is 19.4 Å². The van der Waals surface area contributed by atoms with Gasteiger partial charge >= 0.3 is 0 Å². The minimum absolute atomic E-state index is 0.0551.